The Labute approximate surface area is 176 Å². The summed E-state index contributed by atoms with van der Waals surface area (Å²) in [6.07, 6.45) is 2.54. The van der Waals surface area contributed by atoms with Gasteiger partial charge in [0.25, 0.3) is 5.56 Å². The highest BCUT2D eigenvalue weighted by atomic mass is 19.2. The molecule has 1 aliphatic rings. The Hall–Kier alpha value is -3.67. The number of amides is 1. The molecule has 1 aromatic carbocycles. The summed E-state index contributed by atoms with van der Waals surface area (Å²) < 4.78 is 28.5. The Morgan fingerprint density at radius 2 is 2.13 bits per heavy atom. The number of fused-ring (bicyclic) bond motifs is 1. The molecule has 0 saturated heterocycles. The number of rotatable bonds is 5. The maximum atomic E-state index is 14.6. The number of halogens is 2. The molecule has 7 nitrogen and oxygen atoms in total. The lowest BCUT2D eigenvalue weighted by Gasteiger charge is -2.17. The second-order valence-corrected chi connectivity index (χ2v) is 7.71. The van der Waals surface area contributed by atoms with Crippen LogP contribution >= 0.6 is 0 Å². The summed E-state index contributed by atoms with van der Waals surface area (Å²) in [5, 5.41) is 11.7. The van der Waals surface area contributed by atoms with E-state index in [2.05, 4.69) is 20.3 Å². The van der Waals surface area contributed by atoms with Gasteiger partial charge in [-0.3, -0.25) is 14.6 Å². The SMILES string of the molecule is Cc1nc(C#N)cnc1[C@@H](C)NC(=O)Cc1c(C2CC2)c2c(F)c(F)ccc2[nH]c1=O. The summed E-state index contributed by atoms with van der Waals surface area (Å²) in [5.41, 5.74) is 1.46. The van der Waals surface area contributed by atoms with Gasteiger partial charge in [-0.15, -0.1) is 0 Å². The quantitative estimate of drug-likeness (QED) is 0.655. The maximum Gasteiger partial charge on any atom is 0.252 e. The highest BCUT2D eigenvalue weighted by Crippen LogP contribution is 2.44. The third-order valence-electron chi connectivity index (χ3n) is 5.42. The largest absolute Gasteiger partial charge is 0.348 e. The molecule has 0 radical (unpaired) electrons. The highest BCUT2D eigenvalue weighted by molar-refractivity contribution is 5.87. The minimum atomic E-state index is -1.02. The fourth-order valence-electron chi connectivity index (χ4n) is 3.88. The van der Waals surface area contributed by atoms with Crippen LogP contribution in [0.25, 0.3) is 10.9 Å². The van der Waals surface area contributed by atoms with Crippen molar-refractivity contribution in [2.75, 3.05) is 0 Å². The number of H-pyrrole nitrogens is 1. The minimum absolute atomic E-state index is 0.0340. The van der Waals surface area contributed by atoms with Crippen molar-refractivity contribution in [3.63, 3.8) is 0 Å². The molecular weight excluding hydrogens is 404 g/mol. The van der Waals surface area contributed by atoms with E-state index in [-0.39, 0.29) is 34.5 Å². The number of hydrogen-bond donors (Lipinski definition) is 2. The topological polar surface area (TPSA) is 112 Å². The first-order chi connectivity index (χ1) is 14.8. The minimum Gasteiger partial charge on any atom is -0.348 e. The van der Waals surface area contributed by atoms with Crippen molar-refractivity contribution in [2.45, 2.75) is 45.1 Å². The van der Waals surface area contributed by atoms with Crippen LogP contribution in [0.4, 0.5) is 8.78 Å². The van der Waals surface area contributed by atoms with Gasteiger partial charge in [-0.05, 0) is 50.3 Å². The van der Waals surface area contributed by atoms with Crippen LogP contribution in [0.2, 0.25) is 0 Å². The van der Waals surface area contributed by atoms with E-state index in [0.29, 0.717) is 17.0 Å². The van der Waals surface area contributed by atoms with E-state index in [1.807, 2.05) is 6.07 Å². The number of nitrogens with one attached hydrogen (secondary N) is 2. The number of nitrogens with zero attached hydrogens (tertiary/aromatic N) is 3. The Bertz CT molecular complexity index is 1310. The van der Waals surface area contributed by atoms with E-state index in [0.717, 1.165) is 18.9 Å². The monoisotopic (exact) mass is 423 g/mol. The molecule has 2 aromatic heterocycles. The van der Waals surface area contributed by atoms with E-state index in [4.69, 9.17) is 5.26 Å². The van der Waals surface area contributed by atoms with Crippen LogP contribution in [-0.2, 0) is 11.2 Å². The zero-order valence-electron chi connectivity index (χ0n) is 16.9. The number of carbonyl (C=O) groups is 1. The molecule has 31 heavy (non-hydrogen) atoms. The van der Waals surface area contributed by atoms with Gasteiger partial charge >= 0.3 is 0 Å². The summed E-state index contributed by atoms with van der Waals surface area (Å²) >= 11 is 0. The van der Waals surface area contributed by atoms with Gasteiger partial charge < -0.3 is 10.3 Å². The fraction of sp³-hybridized carbons (Fsp3) is 0.318. The summed E-state index contributed by atoms with van der Waals surface area (Å²) in [5.74, 6) is -2.55. The first-order valence-electron chi connectivity index (χ1n) is 9.86. The average Bonchev–Trinajstić information content (AvgIpc) is 3.56. The molecule has 158 valence electrons. The molecular formula is C22H19F2N5O2. The Kier molecular flexibility index (Phi) is 5.23. The fourth-order valence-corrected chi connectivity index (χ4v) is 3.88. The molecule has 0 aliphatic heterocycles. The standard InChI is InChI=1S/C22H19F2N5O2/c1-10-21(26-9-13(8-25)27-10)11(2)28-17(30)7-14-18(12-3-4-12)19-16(29-22(14)31)6-5-15(23)20(19)24/h5-6,9,11-12H,3-4,7H2,1-2H3,(H,28,30)(H,29,31)/t11-/m1/s1. The molecule has 1 atom stereocenters. The number of hydrogen-bond acceptors (Lipinski definition) is 5. The van der Waals surface area contributed by atoms with Crippen LogP contribution in [0.3, 0.4) is 0 Å². The smallest absolute Gasteiger partial charge is 0.252 e. The van der Waals surface area contributed by atoms with Crippen LogP contribution in [0.5, 0.6) is 0 Å². The number of benzene rings is 1. The molecule has 2 heterocycles. The van der Waals surface area contributed by atoms with Gasteiger partial charge in [0.05, 0.1) is 35.6 Å². The van der Waals surface area contributed by atoms with Crippen LogP contribution in [0.15, 0.2) is 23.1 Å². The molecule has 1 saturated carbocycles. The van der Waals surface area contributed by atoms with Crippen molar-refractivity contribution in [2.24, 2.45) is 0 Å². The van der Waals surface area contributed by atoms with Gasteiger partial charge in [0.15, 0.2) is 17.3 Å². The summed E-state index contributed by atoms with van der Waals surface area (Å²) in [6, 6.07) is 3.68. The lowest BCUT2D eigenvalue weighted by atomic mass is 9.96. The number of pyridine rings is 1. The third kappa shape index (κ3) is 3.89. The lowest BCUT2D eigenvalue weighted by molar-refractivity contribution is -0.121. The molecule has 1 amide bonds. The van der Waals surface area contributed by atoms with Crippen LogP contribution in [0, 0.1) is 29.9 Å². The summed E-state index contributed by atoms with van der Waals surface area (Å²) in [4.78, 5) is 36.3. The van der Waals surface area contributed by atoms with Gasteiger partial charge in [-0.2, -0.15) is 5.26 Å². The molecule has 0 spiro atoms. The van der Waals surface area contributed by atoms with Crippen molar-refractivity contribution < 1.29 is 13.6 Å². The predicted molar refractivity (Wildman–Crippen MR) is 108 cm³/mol. The first kappa shape index (κ1) is 20.6. The average molecular weight is 423 g/mol. The van der Waals surface area contributed by atoms with Crippen molar-refractivity contribution >= 4 is 16.8 Å². The molecule has 2 N–H and O–H groups in total. The molecule has 3 aromatic rings. The normalized spacial score (nSPS) is 14.3. The zero-order valence-corrected chi connectivity index (χ0v) is 16.9. The van der Waals surface area contributed by atoms with E-state index >= 15 is 0 Å². The third-order valence-corrected chi connectivity index (χ3v) is 5.42. The van der Waals surface area contributed by atoms with E-state index in [9.17, 15) is 18.4 Å². The zero-order chi connectivity index (χ0) is 22.3. The number of aromatic amines is 1. The molecule has 1 aliphatic carbocycles. The van der Waals surface area contributed by atoms with Crippen molar-refractivity contribution in [3.8, 4) is 6.07 Å². The van der Waals surface area contributed by atoms with Gasteiger partial charge in [0.1, 0.15) is 6.07 Å². The van der Waals surface area contributed by atoms with Crippen LogP contribution < -0.4 is 10.9 Å². The lowest BCUT2D eigenvalue weighted by Crippen LogP contribution is -2.32. The second kappa shape index (κ2) is 7.87. The van der Waals surface area contributed by atoms with Gasteiger partial charge in [-0.1, -0.05) is 0 Å². The number of carbonyl (C=O) groups excluding carboxylic acids is 1. The number of aromatic nitrogens is 3. The predicted octanol–water partition coefficient (Wildman–Crippen LogP) is 3.07. The van der Waals surface area contributed by atoms with Gasteiger partial charge in [0.2, 0.25) is 5.91 Å². The second-order valence-electron chi connectivity index (χ2n) is 7.71. The summed E-state index contributed by atoms with van der Waals surface area (Å²) in [7, 11) is 0. The first-order valence-corrected chi connectivity index (χ1v) is 9.86. The van der Waals surface area contributed by atoms with E-state index in [1.165, 1.54) is 12.3 Å². The van der Waals surface area contributed by atoms with Crippen molar-refractivity contribution in [1.29, 1.82) is 5.26 Å². The molecule has 4 rings (SSSR count). The Morgan fingerprint density at radius 3 is 2.77 bits per heavy atom. The van der Waals surface area contributed by atoms with Crippen molar-refractivity contribution in [3.05, 3.63) is 68.5 Å². The van der Waals surface area contributed by atoms with E-state index in [1.54, 1.807) is 13.8 Å². The van der Waals surface area contributed by atoms with Crippen LogP contribution in [0.1, 0.15) is 59.9 Å². The number of nitriles is 1. The molecule has 9 heteroatoms. The molecule has 1 fully saturated rings. The number of aryl methyl sites for hydroxylation is 1. The van der Waals surface area contributed by atoms with Gasteiger partial charge in [-0.25, -0.2) is 13.8 Å². The molecule has 0 bridgehead atoms. The Morgan fingerprint density at radius 1 is 1.39 bits per heavy atom. The maximum absolute atomic E-state index is 14.6. The van der Waals surface area contributed by atoms with Crippen LogP contribution in [-0.4, -0.2) is 20.9 Å². The Balaban J connectivity index is 1.66. The highest BCUT2D eigenvalue weighted by Gasteiger charge is 2.32. The van der Waals surface area contributed by atoms with Crippen molar-refractivity contribution in [1.82, 2.24) is 20.3 Å². The molecule has 0 unspecified atom stereocenters. The van der Waals surface area contributed by atoms with E-state index < -0.39 is 29.1 Å². The summed E-state index contributed by atoms with van der Waals surface area (Å²) in [6.45, 7) is 3.39. The van der Waals surface area contributed by atoms with Gasteiger partial charge in [0, 0.05) is 10.9 Å².